The molecule has 3 aromatic carbocycles. The quantitative estimate of drug-likeness (QED) is 0.287. The summed E-state index contributed by atoms with van der Waals surface area (Å²) in [6.07, 6.45) is 0.735. The maximum atomic E-state index is 13.7. The highest BCUT2D eigenvalue weighted by Gasteiger charge is 2.43. The van der Waals surface area contributed by atoms with Gasteiger partial charge in [-0.1, -0.05) is 72.5 Å². The zero-order chi connectivity index (χ0) is 25.7. The number of ether oxygens (including phenoxy) is 1. The summed E-state index contributed by atoms with van der Waals surface area (Å²) in [5.74, 6) is -1.09. The number of nitrogens with zero attached hydrogens (tertiary/aromatic N) is 1. The number of rotatable bonds is 9. The number of Topliss-reactive ketones (excluding diaryl/α,β-unsaturated/α-hetero) is 1. The normalized spacial score (nSPS) is 17.1. The summed E-state index contributed by atoms with van der Waals surface area (Å²) >= 11 is 0. The van der Waals surface area contributed by atoms with Gasteiger partial charge in [-0.3, -0.25) is 9.59 Å². The van der Waals surface area contributed by atoms with Crippen molar-refractivity contribution in [3.63, 3.8) is 0 Å². The second-order valence-corrected chi connectivity index (χ2v) is 9.45. The zero-order valence-electron chi connectivity index (χ0n) is 21.0. The van der Waals surface area contributed by atoms with E-state index >= 15 is 0 Å². The predicted molar refractivity (Wildman–Crippen MR) is 137 cm³/mol. The molecule has 1 fully saturated rings. The van der Waals surface area contributed by atoms with Gasteiger partial charge >= 0.3 is 0 Å². The third-order valence-corrected chi connectivity index (χ3v) is 6.41. The number of nitrogens with one attached hydrogen (secondary N) is 1. The fourth-order valence-electron chi connectivity index (χ4n) is 4.55. The summed E-state index contributed by atoms with van der Waals surface area (Å²) in [6, 6.07) is 23.7. The average molecular weight is 485 g/mol. The second kappa shape index (κ2) is 11.2. The highest BCUT2D eigenvalue weighted by Crippen LogP contribution is 2.39. The number of hydrogen-bond donors (Lipinski definition) is 1. The fourth-order valence-corrected chi connectivity index (χ4v) is 4.55. The number of aryl methyl sites for hydroxylation is 1. The highest BCUT2D eigenvalue weighted by molar-refractivity contribution is 6.46. The van der Waals surface area contributed by atoms with E-state index in [1.54, 1.807) is 23.1 Å². The first-order valence-electron chi connectivity index (χ1n) is 12.2. The van der Waals surface area contributed by atoms with Crippen LogP contribution < -0.4 is 14.7 Å². The van der Waals surface area contributed by atoms with Gasteiger partial charge in [0, 0.05) is 18.5 Å². The molecule has 1 unspecified atom stereocenters. The Balaban J connectivity index is 1.66. The zero-order valence-corrected chi connectivity index (χ0v) is 21.0. The molecule has 0 aromatic heterocycles. The summed E-state index contributed by atoms with van der Waals surface area (Å²) in [7, 11) is 4.09. The molecule has 4 rings (SSSR count). The van der Waals surface area contributed by atoms with Gasteiger partial charge < -0.3 is 19.6 Å². The van der Waals surface area contributed by atoms with Gasteiger partial charge in [-0.2, -0.15) is 0 Å². The minimum Gasteiger partial charge on any atom is -0.872 e. The van der Waals surface area contributed by atoms with Crippen molar-refractivity contribution >= 4 is 17.4 Å². The Morgan fingerprint density at radius 1 is 0.972 bits per heavy atom. The molecule has 3 aromatic rings. The van der Waals surface area contributed by atoms with Gasteiger partial charge in [-0.15, -0.1) is 0 Å². The van der Waals surface area contributed by atoms with E-state index in [2.05, 4.69) is 0 Å². The van der Waals surface area contributed by atoms with Gasteiger partial charge in [0.25, 0.3) is 5.91 Å². The maximum Gasteiger partial charge on any atom is 0.295 e. The lowest BCUT2D eigenvalue weighted by molar-refractivity contribution is -0.858. The molecule has 1 aliphatic rings. The summed E-state index contributed by atoms with van der Waals surface area (Å²) in [4.78, 5) is 29.0. The lowest BCUT2D eigenvalue weighted by Gasteiger charge is -2.28. The predicted octanol–water partition coefficient (Wildman–Crippen LogP) is 2.33. The number of likely N-dealkylation sites (tertiary alicyclic amines) is 1. The van der Waals surface area contributed by atoms with Crippen LogP contribution in [0, 0.1) is 6.92 Å². The topological polar surface area (TPSA) is 74.1 Å². The van der Waals surface area contributed by atoms with Crippen LogP contribution in [0.15, 0.2) is 84.4 Å². The number of hydrogen-bond acceptors (Lipinski definition) is 4. The minimum atomic E-state index is -0.713. The molecule has 1 saturated heterocycles. The Labute approximate surface area is 212 Å². The van der Waals surface area contributed by atoms with Crippen LogP contribution >= 0.6 is 0 Å². The van der Waals surface area contributed by atoms with Crippen LogP contribution in [0.4, 0.5) is 0 Å². The molecular formula is C30H32N2O4. The molecule has 0 spiro atoms. The number of amides is 1. The van der Waals surface area contributed by atoms with E-state index in [1.165, 1.54) is 4.90 Å². The molecule has 0 radical (unpaired) electrons. The van der Waals surface area contributed by atoms with Crippen molar-refractivity contribution in [2.24, 2.45) is 0 Å². The summed E-state index contributed by atoms with van der Waals surface area (Å²) in [5, 5.41) is 13.7. The monoisotopic (exact) mass is 484 g/mol. The van der Waals surface area contributed by atoms with E-state index < -0.39 is 23.5 Å². The molecule has 1 atom stereocenters. The number of quaternary nitrogens is 1. The lowest BCUT2D eigenvalue weighted by atomic mass is 9.94. The Morgan fingerprint density at radius 3 is 2.28 bits per heavy atom. The molecule has 6 nitrogen and oxygen atoms in total. The average Bonchev–Trinajstić information content (AvgIpc) is 3.13. The number of carbonyl (C=O) groups is 2. The summed E-state index contributed by atoms with van der Waals surface area (Å²) in [6.45, 7) is 3.50. The van der Waals surface area contributed by atoms with Crippen LogP contribution in [0.25, 0.3) is 5.76 Å². The van der Waals surface area contributed by atoms with Crippen LogP contribution in [0.2, 0.25) is 0 Å². The molecule has 0 saturated carbocycles. The highest BCUT2D eigenvalue weighted by atomic mass is 16.5. The van der Waals surface area contributed by atoms with Gasteiger partial charge in [-0.05, 0) is 41.3 Å². The molecule has 0 aliphatic carbocycles. The van der Waals surface area contributed by atoms with Crippen molar-refractivity contribution in [1.29, 1.82) is 0 Å². The Hall–Kier alpha value is -3.90. The van der Waals surface area contributed by atoms with E-state index in [4.69, 9.17) is 4.74 Å². The number of benzene rings is 3. The van der Waals surface area contributed by atoms with Gasteiger partial charge in [0.05, 0.1) is 26.7 Å². The van der Waals surface area contributed by atoms with E-state index in [9.17, 15) is 14.7 Å². The number of carbonyl (C=O) groups excluding carboxylic acids is 2. The molecular weight excluding hydrogens is 452 g/mol. The number of ketones is 1. The van der Waals surface area contributed by atoms with Crippen molar-refractivity contribution < 1.29 is 24.3 Å². The fraction of sp³-hybridized carbons (Fsp3) is 0.267. The van der Waals surface area contributed by atoms with Crippen LogP contribution in [-0.2, 0) is 16.2 Å². The van der Waals surface area contributed by atoms with Gasteiger partial charge in [0.15, 0.2) is 0 Å². The van der Waals surface area contributed by atoms with Crippen molar-refractivity contribution in [2.45, 2.75) is 26.0 Å². The smallest absolute Gasteiger partial charge is 0.295 e. The van der Waals surface area contributed by atoms with E-state index in [0.29, 0.717) is 30.0 Å². The largest absolute Gasteiger partial charge is 0.872 e. The van der Waals surface area contributed by atoms with Crippen molar-refractivity contribution in [3.05, 3.63) is 107 Å². The van der Waals surface area contributed by atoms with E-state index in [1.807, 2.05) is 81.7 Å². The first-order chi connectivity index (χ1) is 17.4. The molecule has 1 aliphatic heterocycles. The Morgan fingerprint density at radius 2 is 1.64 bits per heavy atom. The van der Waals surface area contributed by atoms with Crippen molar-refractivity contribution in [3.8, 4) is 5.75 Å². The molecule has 36 heavy (non-hydrogen) atoms. The SMILES string of the molecule is Cc1cc(OCc2ccccc2)ccc1C([O-])=C1C(=O)C(=O)N(CCC[NH+](C)C)C1c1ccccc1. The van der Waals surface area contributed by atoms with Gasteiger partial charge in [0.1, 0.15) is 12.4 Å². The molecule has 1 amide bonds. The second-order valence-electron chi connectivity index (χ2n) is 9.45. The van der Waals surface area contributed by atoms with Gasteiger partial charge in [0.2, 0.25) is 5.78 Å². The van der Waals surface area contributed by atoms with Gasteiger partial charge in [-0.25, -0.2) is 0 Å². The van der Waals surface area contributed by atoms with Crippen molar-refractivity contribution in [1.82, 2.24) is 4.90 Å². The molecule has 0 bridgehead atoms. The first-order valence-corrected chi connectivity index (χ1v) is 12.2. The van der Waals surface area contributed by atoms with Crippen molar-refractivity contribution in [2.75, 3.05) is 27.2 Å². The van der Waals surface area contributed by atoms with Crippen LogP contribution in [0.5, 0.6) is 5.75 Å². The molecule has 186 valence electrons. The minimum absolute atomic E-state index is 0.0180. The lowest BCUT2D eigenvalue weighted by Crippen LogP contribution is -3.05. The summed E-state index contributed by atoms with van der Waals surface area (Å²) in [5.41, 5.74) is 2.92. The molecule has 1 heterocycles. The molecule has 1 N–H and O–H groups in total. The maximum absolute atomic E-state index is 13.7. The van der Waals surface area contributed by atoms with E-state index in [0.717, 1.165) is 24.1 Å². The van der Waals surface area contributed by atoms with Crippen LogP contribution in [0.3, 0.4) is 0 Å². The Bertz CT molecular complexity index is 1250. The summed E-state index contributed by atoms with van der Waals surface area (Å²) < 4.78 is 5.89. The third-order valence-electron chi connectivity index (χ3n) is 6.41. The molecule has 6 heteroatoms. The van der Waals surface area contributed by atoms with Crippen LogP contribution in [0.1, 0.15) is 34.7 Å². The van der Waals surface area contributed by atoms with Crippen LogP contribution in [-0.4, -0.2) is 43.8 Å². The van der Waals surface area contributed by atoms with E-state index in [-0.39, 0.29) is 5.57 Å². The standard InChI is InChI=1S/C30H32N2O4/c1-21-19-24(36-20-22-11-6-4-7-12-22)15-16-25(21)28(33)26-27(23-13-8-5-9-14-23)32(30(35)29(26)34)18-10-17-31(2)3/h4-9,11-16,19,27,33H,10,17-18,20H2,1-3H3. The Kier molecular flexibility index (Phi) is 7.86. The third kappa shape index (κ3) is 5.50. The first kappa shape index (κ1) is 25.2.